The minimum atomic E-state index is -4.78. The van der Waals surface area contributed by atoms with E-state index in [-0.39, 0.29) is 35.4 Å². The van der Waals surface area contributed by atoms with Crippen molar-refractivity contribution in [3.8, 4) is 0 Å². The Morgan fingerprint density at radius 2 is 1.43 bits per heavy atom. The molecule has 1 aliphatic carbocycles. The summed E-state index contributed by atoms with van der Waals surface area (Å²) in [6.07, 6.45) is 0.786. The van der Waals surface area contributed by atoms with Gasteiger partial charge in [-0.15, -0.1) is 0 Å². The highest BCUT2D eigenvalue weighted by Crippen LogP contribution is 2.41. The summed E-state index contributed by atoms with van der Waals surface area (Å²) in [5.41, 5.74) is 11.8. The van der Waals surface area contributed by atoms with E-state index >= 15 is 0 Å². The van der Waals surface area contributed by atoms with Crippen LogP contribution in [0.3, 0.4) is 0 Å². The fourth-order valence-electron chi connectivity index (χ4n) is 4.87. The molecule has 4 N–H and O–H groups in total. The number of carbonyl (C=O) groups excluding carboxylic acids is 2. The summed E-state index contributed by atoms with van der Waals surface area (Å²) in [7, 11) is -4.78. The van der Waals surface area contributed by atoms with Crippen LogP contribution in [0, 0.1) is 27.7 Å². The zero-order chi connectivity index (χ0) is 25.1. The van der Waals surface area contributed by atoms with Gasteiger partial charge in [0.15, 0.2) is 11.6 Å². The van der Waals surface area contributed by atoms with Crippen molar-refractivity contribution in [2.24, 2.45) is 0 Å². The molecule has 35 heavy (non-hydrogen) atoms. The molecule has 0 unspecified atom stereocenters. The zero-order valence-electron chi connectivity index (χ0n) is 19.7. The molecule has 0 radical (unpaired) electrons. The molecule has 0 atom stereocenters. The second kappa shape index (κ2) is 8.94. The molecular formula is C27H30N2O5S. The molecule has 1 aliphatic rings. The Hall–Kier alpha value is -3.49. The second-order valence-electron chi connectivity index (χ2n) is 8.60. The van der Waals surface area contributed by atoms with Crippen LogP contribution in [0.1, 0.15) is 74.0 Å². The van der Waals surface area contributed by atoms with Crippen molar-refractivity contribution in [2.45, 2.75) is 53.4 Å². The predicted molar refractivity (Wildman–Crippen MR) is 139 cm³/mol. The monoisotopic (exact) mass is 494 g/mol. The zero-order valence-corrected chi connectivity index (χ0v) is 20.5. The molecule has 0 saturated heterocycles. The van der Waals surface area contributed by atoms with Gasteiger partial charge in [-0.05, 0) is 68.0 Å². The molecule has 0 aromatic heterocycles. The number of nitrogen functional groups attached to an aromatic ring is 1. The minimum absolute atomic E-state index is 0. The number of hydrogen-bond acceptors (Lipinski definition) is 6. The van der Waals surface area contributed by atoms with Gasteiger partial charge in [0.05, 0.1) is 22.5 Å². The summed E-state index contributed by atoms with van der Waals surface area (Å²) < 4.78 is 34.2. The van der Waals surface area contributed by atoms with Crippen LogP contribution in [0.4, 0.5) is 17.1 Å². The van der Waals surface area contributed by atoms with E-state index in [0.29, 0.717) is 5.69 Å². The Bertz CT molecular complexity index is 1520. The largest absolute Gasteiger partial charge is 0.397 e. The van der Waals surface area contributed by atoms with Gasteiger partial charge in [0, 0.05) is 16.8 Å². The molecule has 7 nitrogen and oxygen atoms in total. The maximum Gasteiger partial charge on any atom is 0.296 e. The van der Waals surface area contributed by atoms with Crippen molar-refractivity contribution in [2.75, 3.05) is 11.1 Å². The first-order valence-corrected chi connectivity index (χ1v) is 12.3. The first-order chi connectivity index (χ1) is 15.9. The Morgan fingerprint density at radius 1 is 0.886 bits per heavy atom. The normalized spacial score (nSPS) is 12.6. The van der Waals surface area contributed by atoms with Gasteiger partial charge in [0.1, 0.15) is 4.90 Å². The fourth-order valence-corrected chi connectivity index (χ4v) is 5.51. The standard InChI is InChI=1S/C26H26N2O5S.CH4/c1-6-16-13(3)12(2)14(4)24(15(16)5)28-19-11-20(34(31,32)33)23(27)22-21(19)25(29)17-9-7-8-10-18(17)26(22)30;/h7-11,28H,6,27H2,1-5H3,(H,31,32,33);1H4. The number of benzene rings is 3. The number of nitrogens with one attached hydrogen (secondary N) is 1. The molecule has 0 amide bonds. The number of nitrogens with two attached hydrogens (primary N) is 1. The topological polar surface area (TPSA) is 127 Å². The van der Waals surface area contributed by atoms with Crippen LogP contribution in [-0.2, 0) is 16.5 Å². The van der Waals surface area contributed by atoms with Crippen molar-refractivity contribution >= 4 is 38.7 Å². The van der Waals surface area contributed by atoms with Crippen LogP contribution < -0.4 is 11.1 Å². The Morgan fingerprint density at radius 3 is 1.94 bits per heavy atom. The van der Waals surface area contributed by atoms with E-state index in [2.05, 4.69) is 19.2 Å². The van der Waals surface area contributed by atoms with E-state index in [1.807, 2.05) is 20.8 Å². The summed E-state index contributed by atoms with van der Waals surface area (Å²) in [6.45, 7) is 10.00. The molecular weight excluding hydrogens is 464 g/mol. The van der Waals surface area contributed by atoms with E-state index < -0.39 is 32.3 Å². The van der Waals surface area contributed by atoms with Crippen LogP contribution in [0.15, 0.2) is 35.2 Å². The molecule has 0 heterocycles. The lowest BCUT2D eigenvalue weighted by molar-refractivity contribution is 0.0980. The predicted octanol–water partition coefficient (Wildman–Crippen LogP) is 5.47. The molecule has 0 aliphatic heterocycles. The Labute approximate surface area is 206 Å². The number of ketones is 2. The van der Waals surface area contributed by atoms with Crippen molar-refractivity contribution in [1.29, 1.82) is 0 Å². The Kier molecular flexibility index (Phi) is 6.67. The van der Waals surface area contributed by atoms with E-state index in [9.17, 15) is 22.6 Å². The number of carbonyl (C=O) groups is 2. The van der Waals surface area contributed by atoms with Gasteiger partial charge in [-0.2, -0.15) is 8.42 Å². The minimum Gasteiger partial charge on any atom is -0.397 e. The molecule has 0 spiro atoms. The lowest BCUT2D eigenvalue weighted by Crippen LogP contribution is -2.25. The van der Waals surface area contributed by atoms with E-state index in [0.717, 1.165) is 34.7 Å². The highest BCUT2D eigenvalue weighted by Gasteiger charge is 2.36. The van der Waals surface area contributed by atoms with Gasteiger partial charge in [-0.25, -0.2) is 0 Å². The van der Waals surface area contributed by atoms with Crippen LogP contribution in [0.2, 0.25) is 0 Å². The highest BCUT2D eigenvalue weighted by molar-refractivity contribution is 7.86. The fraction of sp³-hybridized carbons (Fsp3) is 0.259. The molecule has 0 saturated carbocycles. The SMILES string of the molecule is C.CCc1c(C)c(C)c(C)c(Nc2cc(S(=O)(=O)O)c(N)c3c2C(=O)c2ccccc2C3=O)c1C. The first-order valence-electron chi connectivity index (χ1n) is 10.9. The molecule has 184 valence electrons. The van der Waals surface area contributed by atoms with Gasteiger partial charge in [-0.3, -0.25) is 14.1 Å². The smallest absolute Gasteiger partial charge is 0.296 e. The average Bonchev–Trinajstić information content (AvgIpc) is 2.79. The van der Waals surface area contributed by atoms with Crippen molar-refractivity contribution in [1.82, 2.24) is 0 Å². The van der Waals surface area contributed by atoms with Gasteiger partial charge in [0.2, 0.25) is 0 Å². The lowest BCUT2D eigenvalue weighted by atomic mass is 9.82. The number of anilines is 3. The summed E-state index contributed by atoms with van der Waals surface area (Å²) in [4.78, 5) is 26.3. The van der Waals surface area contributed by atoms with Gasteiger partial charge in [0.25, 0.3) is 10.1 Å². The third kappa shape index (κ3) is 3.92. The lowest BCUT2D eigenvalue weighted by Gasteiger charge is -2.26. The molecule has 0 bridgehead atoms. The summed E-state index contributed by atoms with van der Waals surface area (Å²) in [5.74, 6) is -1.02. The number of hydrogen-bond donors (Lipinski definition) is 3. The highest BCUT2D eigenvalue weighted by atomic mass is 32.2. The van der Waals surface area contributed by atoms with Crippen LogP contribution in [0.5, 0.6) is 0 Å². The first kappa shape index (κ1) is 26.1. The third-order valence-electron chi connectivity index (χ3n) is 6.87. The third-order valence-corrected chi connectivity index (χ3v) is 7.77. The molecule has 8 heteroatoms. The van der Waals surface area contributed by atoms with Gasteiger partial charge < -0.3 is 11.1 Å². The second-order valence-corrected chi connectivity index (χ2v) is 9.99. The Balaban J connectivity index is 0.00000342. The summed E-state index contributed by atoms with van der Waals surface area (Å²) >= 11 is 0. The maximum absolute atomic E-state index is 13.5. The van der Waals surface area contributed by atoms with E-state index in [4.69, 9.17) is 5.73 Å². The van der Waals surface area contributed by atoms with Crippen molar-refractivity contribution in [3.63, 3.8) is 0 Å². The van der Waals surface area contributed by atoms with Crippen molar-refractivity contribution in [3.05, 3.63) is 80.4 Å². The molecule has 4 rings (SSSR count). The summed E-state index contributed by atoms with van der Waals surface area (Å²) in [5, 5.41) is 3.23. The van der Waals surface area contributed by atoms with Gasteiger partial charge in [-0.1, -0.05) is 38.6 Å². The van der Waals surface area contributed by atoms with Crippen LogP contribution in [0.25, 0.3) is 0 Å². The molecule has 0 fully saturated rings. The average molecular weight is 495 g/mol. The van der Waals surface area contributed by atoms with E-state index in [1.165, 1.54) is 11.6 Å². The van der Waals surface area contributed by atoms with Gasteiger partial charge >= 0.3 is 0 Å². The maximum atomic E-state index is 13.5. The van der Waals surface area contributed by atoms with Crippen LogP contribution in [-0.4, -0.2) is 24.5 Å². The molecule has 3 aromatic rings. The number of rotatable bonds is 4. The quantitative estimate of drug-likeness (QED) is 0.254. The number of fused-ring (bicyclic) bond motifs is 2. The summed E-state index contributed by atoms with van der Waals surface area (Å²) in [6, 6.07) is 7.45. The van der Waals surface area contributed by atoms with Crippen LogP contribution >= 0.6 is 0 Å². The van der Waals surface area contributed by atoms with E-state index in [1.54, 1.807) is 18.2 Å². The van der Waals surface area contributed by atoms with Crippen molar-refractivity contribution < 1.29 is 22.6 Å². The molecule has 3 aromatic carbocycles.